The van der Waals surface area contributed by atoms with Gasteiger partial charge in [-0.1, -0.05) is 13.8 Å². The number of carbonyl (C=O) groups is 1. The molecule has 0 spiro atoms. The van der Waals surface area contributed by atoms with Crippen molar-refractivity contribution in [3.05, 3.63) is 24.2 Å². The van der Waals surface area contributed by atoms with Crippen LogP contribution in [0.25, 0.3) is 0 Å². The molecule has 0 fully saturated rings. The van der Waals surface area contributed by atoms with Gasteiger partial charge in [0.05, 0.1) is 12.8 Å². The molecule has 0 radical (unpaired) electrons. The van der Waals surface area contributed by atoms with E-state index in [1.54, 1.807) is 12.1 Å². The third-order valence-electron chi connectivity index (χ3n) is 2.06. The molecule has 3 nitrogen and oxygen atoms in total. The summed E-state index contributed by atoms with van der Waals surface area (Å²) < 4.78 is 5.01. The van der Waals surface area contributed by atoms with Crippen LogP contribution in [-0.2, 0) is 0 Å². The van der Waals surface area contributed by atoms with Gasteiger partial charge >= 0.3 is 0 Å². The number of nitrogens with zero attached hydrogens (tertiary/aromatic N) is 1. The molecule has 0 aromatic carbocycles. The number of Topliss-reactive ketones (excluding diaryl/α,β-unsaturated/α-hetero) is 1. The maximum absolute atomic E-state index is 11.5. The van der Waals surface area contributed by atoms with Crippen LogP contribution in [0.4, 0.5) is 0 Å². The summed E-state index contributed by atoms with van der Waals surface area (Å²) in [7, 11) is 0. The molecule has 1 aromatic rings. The molecule has 0 aliphatic heterocycles. The Morgan fingerprint density at radius 1 is 1.46 bits per heavy atom. The highest BCUT2D eigenvalue weighted by Gasteiger charge is 2.11. The van der Waals surface area contributed by atoms with Crippen LogP contribution in [0.5, 0.6) is 0 Å². The molecule has 0 aliphatic rings. The quantitative estimate of drug-likeness (QED) is 0.649. The Morgan fingerprint density at radius 2 is 2.15 bits per heavy atom. The van der Waals surface area contributed by atoms with Gasteiger partial charge in [0, 0.05) is 0 Å². The first kappa shape index (κ1) is 9.99. The van der Waals surface area contributed by atoms with Crippen molar-refractivity contribution in [3.63, 3.8) is 0 Å². The largest absolute Gasteiger partial charge is 0.461 e. The van der Waals surface area contributed by atoms with Crippen molar-refractivity contribution < 1.29 is 9.21 Å². The SMILES string of the molecule is CCN(CC)CC(=O)c1ccco1. The lowest BCUT2D eigenvalue weighted by Gasteiger charge is -2.15. The van der Waals surface area contributed by atoms with Crippen molar-refractivity contribution in [2.75, 3.05) is 19.6 Å². The highest BCUT2D eigenvalue weighted by Crippen LogP contribution is 2.02. The Bertz CT molecular complexity index is 250. The smallest absolute Gasteiger partial charge is 0.211 e. The fourth-order valence-corrected chi connectivity index (χ4v) is 1.17. The molecule has 0 saturated carbocycles. The topological polar surface area (TPSA) is 33.5 Å². The van der Waals surface area contributed by atoms with Crippen LogP contribution in [0.1, 0.15) is 24.4 Å². The van der Waals surface area contributed by atoms with E-state index < -0.39 is 0 Å². The van der Waals surface area contributed by atoms with Gasteiger partial charge in [-0.25, -0.2) is 0 Å². The van der Waals surface area contributed by atoms with Gasteiger partial charge in [0.2, 0.25) is 5.78 Å². The zero-order valence-corrected chi connectivity index (χ0v) is 8.12. The molecule has 0 aliphatic carbocycles. The normalized spacial score (nSPS) is 10.7. The minimum atomic E-state index is 0.0497. The number of furan rings is 1. The van der Waals surface area contributed by atoms with E-state index in [0.29, 0.717) is 12.3 Å². The zero-order chi connectivity index (χ0) is 9.68. The van der Waals surface area contributed by atoms with E-state index in [0.717, 1.165) is 13.1 Å². The van der Waals surface area contributed by atoms with E-state index in [1.165, 1.54) is 6.26 Å². The van der Waals surface area contributed by atoms with Crippen molar-refractivity contribution in [3.8, 4) is 0 Å². The van der Waals surface area contributed by atoms with Gasteiger partial charge in [-0.15, -0.1) is 0 Å². The van der Waals surface area contributed by atoms with Crippen LogP contribution in [0, 0.1) is 0 Å². The summed E-state index contributed by atoms with van der Waals surface area (Å²) in [5.74, 6) is 0.501. The first-order valence-corrected chi connectivity index (χ1v) is 4.57. The fraction of sp³-hybridized carbons (Fsp3) is 0.500. The number of rotatable bonds is 5. The van der Waals surface area contributed by atoms with Crippen LogP contribution >= 0.6 is 0 Å². The lowest BCUT2D eigenvalue weighted by Crippen LogP contribution is -2.29. The minimum absolute atomic E-state index is 0.0497. The second kappa shape index (κ2) is 4.82. The van der Waals surface area contributed by atoms with Crippen molar-refractivity contribution in [2.24, 2.45) is 0 Å². The van der Waals surface area contributed by atoms with Gasteiger partial charge in [-0.05, 0) is 25.2 Å². The van der Waals surface area contributed by atoms with E-state index in [-0.39, 0.29) is 5.78 Å². The summed E-state index contributed by atoms with van der Waals surface area (Å²) in [5.41, 5.74) is 0. The van der Waals surface area contributed by atoms with E-state index in [2.05, 4.69) is 4.90 Å². The maximum atomic E-state index is 11.5. The van der Waals surface area contributed by atoms with E-state index in [4.69, 9.17) is 4.42 Å². The number of hydrogen-bond donors (Lipinski definition) is 0. The number of ketones is 1. The Kier molecular flexibility index (Phi) is 3.71. The zero-order valence-electron chi connectivity index (χ0n) is 8.12. The van der Waals surface area contributed by atoms with E-state index in [9.17, 15) is 4.79 Å². The first-order valence-electron chi connectivity index (χ1n) is 4.57. The van der Waals surface area contributed by atoms with Crippen LogP contribution in [0.3, 0.4) is 0 Å². The van der Waals surface area contributed by atoms with Gasteiger partial charge in [0.25, 0.3) is 0 Å². The fourth-order valence-electron chi connectivity index (χ4n) is 1.17. The molecule has 1 aromatic heterocycles. The van der Waals surface area contributed by atoms with Gasteiger partial charge in [-0.2, -0.15) is 0 Å². The Hall–Kier alpha value is -1.09. The average Bonchev–Trinajstić information content (AvgIpc) is 2.66. The van der Waals surface area contributed by atoms with Crippen LogP contribution in [0.15, 0.2) is 22.8 Å². The summed E-state index contributed by atoms with van der Waals surface area (Å²) in [6, 6.07) is 3.43. The van der Waals surface area contributed by atoms with Gasteiger partial charge in [0.1, 0.15) is 0 Å². The first-order chi connectivity index (χ1) is 6.27. The van der Waals surface area contributed by atoms with Gasteiger partial charge < -0.3 is 4.42 Å². The molecule has 3 heteroatoms. The van der Waals surface area contributed by atoms with Crippen LogP contribution in [0.2, 0.25) is 0 Å². The van der Waals surface area contributed by atoms with Gasteiger partial charge in [-0.3, -0.25) is 9.69 Å². The molecule has 72 valence electrons. The Balaban J connectivity index is 2.50. The third kappa shape index (κ3) is 2.70. The van der Waals surface area contributed by atoms with Crippen molar-refractivity contribution in [2.45, 2.75) is 13.8 Å². The molecule has 0 atom stereocenters. The van der Waals surface area contributed by atoms with Crippen LogP contribution in [-0.4, -0.2) is 30.3 Å². The predicted molar refractivity (Wildman–Crippen MR) is 50.8 cm³/mol. The van der Waals surface area contributed by atoms with E-state index in [1.807, 2.05) is 13.8 Å². The second-order valence-electron chi connectivity index (χ2n) is 2.86. The van der Waals surface area contributed by atoms with E-state index >= 15 is 0 Å². The minimum Gasteiger partial charge on any atom is -0.461 e. The van der Waals surface area contributed by atoms with Gasteiger partial charge in [0.15, 0.2) is 5.76 Å². The molecule has 13 heavy (non-hydrogen) atoms. The Labute approximate surface area is 78.3 Å². The molecular weight excluding hydrogens is 166 g/mol. The lowest BCUT2D eigenvalue weighted by molar-refractivity contribution is 0.0910. The molecule has 0 amide bonds. The van der Waals surface area contributed by atoms with Crippen molar-refractivity contribution in [1.82, 2.24) is 4.90 Å². The maximum Gasteiger partial charge on any atom is 0.211 e. The monoisotopic (exact) mass is 181 g/mol. The molecule has 1 heterocycles. The summed E-state index contributed by atoms with van der Waals surface area (Å²) in [5, 5.41) is 0. The molecule has 0 N–H and O–H groups in total. The molecule has 0 bridgehead atoms. The molecule has 0 saturated heterocycles. The molecular formula is C10H15NO2. The highest BCUT2D eigenvalue weighted by molar-refractivity contribution is 5.94. The standard InChI is InChI=1S/C10H15NO2/c1-3-11(4-2)8-9(12)10-6-5-7-13-10/h5-7H,3-4,8H2,1-2H3. The predicted octanol–water partition coefficient (Wildman–Crippen LogP) is 1.80. The Morgan fingerprint density at radius 3 is 2.62 bits per heavy atom. The summed E-state index contributed by atoms with van der Waals surface area (Å²) in [6.45, 7) is 6.31. The number of likely N-dealkylation sites (N-methyl/N-ethyl adjacent to an activating group) is 1. The van der Waals surface area contributed by atoms with Crippen molar-refractivity contribution >= 4 is 5.78 Å². The summed E-state index contributed by atoms with van der Waals surface area (Å²) in [6.07, 6.45) is 1.52. The molecule has 0 unspecified atom stereocenters. The summed E-state index contributed by atoms with van der Waals surface area (Å²) in [4.78, 5) is 13.6. The number of hydrogen-bond acceptors (Lipinski definition) is 3. The highest BCUT2D eigenvalue weighted by atomic mass is 16.3. The van der Waals surface area contributed by atoms with Crippen LogP contribution < -0.4 is 0 Å². The molecule has 1 rings (SSSR count). The second-order valence-corrected chi connectivity index (χ2v) is 2.86. The lowest BCUT2D eigenvalue weighted by atomic mass is 10.3. The average molecular weight is 181 g/mol. The summed E-state index contributed by atoms with van der Waals surface area (Å²) >= 11 is 0. The van der Waals surface area contributed by atoms with Crippen molar-refractivity contribution in [1.29, 1.82) is 0 Å². The third-order valence-corrected chi connectivity index (χ3v) is 2.06. The number of carbonyl (C=O) groups excluding carboxylic acids is 1.